The molecule has 0 aliphatic rings. The topological polar surface area (TPSA) is 38.3 Å². The quantitative estimate of drug-likeness (QED) is 0.794. The second-order valence-electron chi connectivity index (χ2n) is 5.41. The predicted octanol–water partition coefficient (Wildman–Crippen LogP) is 3.51. The summed E-state index contributed by atoms with van der Waals surface area (Å²) in [4.78, 5) is 12.0. The summed E-state index contributed by atoms with van der Waals surface area (Å²) in [6.45, 7) is 4.41. The largest absolute Gasteiger partial charge is 0.481 e. The minimum absolute atomic E-state index is 0.0729. The zero-order valence-corrected chi connectivity index (χ0v) is 13.2. The van der Waals surface area contributed by atoms with Gasteiger partial charge in [0.05, 0.1) is 0 Å². The molecule has 0 aliphatic carbocycles. The number of hydrogen-bond donors (Lipinski definition) is 1. The van der Waals surface area contributed by atoms with Gasteiger partial charge in [0, 0.05) is 6.54 Å². The van der Waals surface area contributed by atoms with Crippen LogP contribution in [0.2, 0.25) is 0 Å². The number of carbonyl (C=O) groups is 1. The average molecular weight is 297 g/mol. The molecule has 1 atom stereocenters. The van der Waals surface area contributed by atoms with Crippen molar-refractivity contribution in [3.63, 3.8) is 0 Å². The third-order valence-corrected chi connectivity index (χ3v) is 3.55. The van der Waals surface area contributed by atoms with Crippen LogP contribution in [0.1, 0.15) is 24.5 Å². The Morgan fingerprint density at radius 3 is 2.50 bits per heavy atom. The normalized spacial score (nSPS) is 11.7. The molecule has 1 N–H and O–H groups in total. The summed E-state index contributed by atoms with van der Waals surface area (Å²) >= 11 is 0. The molecule has 0 bridgehead atoms. The Kier molecular flexibility index (Phi) is 6.01. The molecule has 0 spiro atoms. The van der Waals surface area contributed by atoms with E-state index in [1.54, 1.807) is 6.92 Å². The highest BCUT2D eigenvalue weighted by atomic mass is 16.5. The lowest BCUT2D eigenvalue weighted by molar-refractivity contribution is -0.127. The van der Waals surface area contributed by atoms with Crippen molar-refractivity contribution in [3.8, 4) is 5.75 Å². The van der Waals surface area contributed by atoms with Crippen LogP contribution in [-0.4, -0.2) is 18.6 Å². The van der Waals surface area contributed by atoms with Crippen LogP contribution in [0.5, 0.6) is 5.75 Å². The van der Waals surface area contributed by atoms with E-state index >= 15 is 0 Å². The summed E-state index contributed by atoms with van der Waals surface area (Å²) in [6, 6.07) is 18.0. The molecule has 3 heteroatoms. The fraction of sp³-hybridized carbons (Fsp3) is 0.316. The molecular formula is C19H23NO2. The molecule has 2 rings (SSSR count). The second-order valence-corrected chi connectivity index (χ2v) is 5.41. The molecule has 2 aromatic carbocycles. The molecule has 0 saturated heterocycles. The molecule has 22 heavy (non-hydrogen) atoms. The average Bonchev–Trinajstić information content (AvgIpc) is 2.54. The van der Waals surface area contributed by atoms with Gasteiger partial charge in [-0.3, -0.25) is 4.79 Å². The number of ether oxygens (including phenoxy) is 1. The smallest absolute Gasteiger partial charge is 0.260 e. The van der Waals surface area contributed by atoms with Gasteiger partial charge in [-0.05, 0) is 43.9 Å². The minimum atomic E-state index is -0.488. The number of benzene rings is 2. The summed E-state index contributed by atoms with van der Waals surface area (Å²) in [6.07, 6.45) is 1.40. The van der Waals surface area contributed by atoms with Crippen LogP contribution < -0.4 is 10.1 Å². The van der Waals surface area contributed by atoms with Crippen molar-refractivity contribution >= 4 is 5.91 Å². The van der Waals surface area contributed by atoms with E-state index in [0.717, 1.165) is 24.2 Å². The first kappa shape index (κ1) is 16.1. The number of rotatable bonds is 7. The van der Waals surface area contributed by atoms with Crippen molar-refractivity contribution in [2.45, 2.75) is 32.8 Å². The Hall–Kier alpha value is -2.29. The Morgan fingerprint density at radius 1 is 1.09 bits per heavy atom. The molecule has 0 heterocycles. The predicted molar refractivity (Wildman–Crippen MR) is 89.0 cm³/mol. The number of aryl methyl sites for hydroxylation is 2. The number of para-hydroxylation sites is 1. The van der Waals surface area contributed by atoms with E-state index in [4.69, 9.17) is 4.74 Å². The monoisotopic (exact) mass is 297 g/mol. The first-order chi connectivity index (χ1) is 10.7. The van der Waals surface area contributed by atoms with Gasteiger partial charge in [0.15, 0.2) is 6.10 Å². The summed E-state index contributed by atoms with van der Waals surface area (Å²) in [7, 11) is 0. The Labute approximate surface area is 132 Å². The zero-order valence-electron chi connectivity index (χ0n) is 13.2. The van der Waals surface area contributed by atoms with Crippen molar-refractivity contribution in [3.05, 3.63) is 65.7 Å². The summed E-state index contributed by atoms with van der Waals surface area (Å²) < 4.78 is 5.71. The third kappa shape index (κ3) is 4.92. The molecular weight excluding hydrogens is 274 g/mol. The highest BCUT2D eigenvalue weighted by molar-refractivity contribution is 5.80. The van der Waals surface area contributed by atoms with Crippen LogP contribution in [0, 0.1) is 6.92 Å². The van der Waals surface area contributed by atoms with E-state index in [2.05, 4.69) is 17.4 Å². The van der Waals surface area contributed by atoms with Crippen molar-refractivity contribution in [2.75, 3.05) is 6.54 Å². The van der Waals surface area contributed by atoms with Gasteiger partial charge in [0.1, 0.15) is 5.75 Å². The van der Waals surface area contributed by atoms with Crippen LogP contribution in [0.15, 0.2) is 54.6 Å². The molecule has 116 valence electrons. The lowest BCUT2D eigenvalue weighted by atomic mass is 10.1. The molecule has 0 aromatic heterocycles. The van der Waals surface area contributed by atoms with Crippen LogP contribution >= 0.6 is 0 Å². The van der Waals surface area contributed by atoms with E-state index in [1.165, 1.54) is 5.56 Å². The van der Waals surface area contributed by atoms with Gasteiger partial charge in [0.25, 0.3) is 5.91 Å². The Morgan fingerprint density at radius 2 is 1.77 bits per heavy atom. The summed E-state index contributed by atoms with van der Waals surface area (Å²) in [5.74, 6) is 0.686. The lowest BCUT2D eigenvalue weighted by Gasteiger charge is -2.16. The lowest BCUT2D eigenvalue weighted by Crippen LogP contribution is -2.37. The maximum Gasteiger partial charge on any atom is 0.260 e. The van der Waals surface area contributed by atoms with Gasteiger partial charge in [0.2, 0.25) is 0 Å². The highest BCUT2D eigenvalue weighted by Gasteiger charge is 2.14. The van der Waals surface area contributed by atoms with Gasteiger partial charge < -0.3 is 10.1 Å². The molecule has 0 fully saturated rings. The SMILES string of the molecule is Cc1ccccc1O[C@H](C)C(=O)NCCCc1ccccc1. The number of nitrogens with one attached hydrogen (secondary N) is 1. The molecule has 0 saturated carbocycles. The minimum Gasteiger partial charge on any atom is -0.481 e. The second kappa shape index (κ2) is 8.23. The zero-order chi connectivity index (χ0) is 15.8. The summed E-state index contributed by atoms with van der Waals surface area (Å²) in [5, 5.41) is 2.93. The first-order valence-corrected chi connectivity index (χ1v) is 7.71. The fourth-order valence-corrected chi connectivity index (χ4v) is 2.23. The summed E-state index contributed by atoms with van der Waals surface area (Å²) in [5.41, 5.74) is 2.33. The van der Waals surface area contributed by atoms with Crippen molar-refractivity contribution in [2.24, 2.45) is 0 Å². The molecule has 2 aromatic rings. The van der Waals surface area contributed by atoms with Crippen LogP contribution in [0.3, 0.4) is 0 Å². The third-order valence-electron chi connectivity index (χ3n) is 3.55. The molecule has 1 amide bonds. The number of hydrogen-bond acceptors (Lipinski definition) is 2. The van der Waals surface area contributed by atoms with Crippen LogP contribution in [0.4, 0.5) is 0 Å². The standard InChI is InChI=1S/C19H23NO2/c1-15-9-6-7-13-18(15)22-16(2)19(21)20-14-8-12-17-10-4-3-5-11-17/h3-7,9-11,13,16H,8,12,14H2,1-2H3,(H,20,21)/t16-/m1/s1. The van der Waals surface area contributed by atoms with Gasteiger partial charge in [-0.1, -0.05) is 48.5 Å². The molecule has 0 radical (unpaired) electrons. The molecule has 0 unspecified atom stereocenters. The Bertz CT molecular complexity index is 595. The number of amides is 1. The van der Waals surface area contributed by atoms with E-state index < -0.39 is 6.10 Å². The van der Waals surface area contributed by atoms with Crippen LogP contribution in [0.25, 0.3) is 0 Å². The van der Waals surface area contributed by atoms with Crippen molar-refractivity contribution in [1.29, 1.82) is 0 Å². The van der Waals surface area contributed by atoms with Crippen molar-refractivity contribution in [1.82, 2.24) is 5.32 Å². The Balaban J connectivity index is 1.71. The van der Waals surface area contributed by atoms with E-state index in [9.17, 15) is 4.79 Å². The highest BCUT2D eigenvalue weighted by Crippen LogP contribution is 2.17. The van der Waals surface area contributed by atoms with E-state index in [0.29, 0.717) is 6.54 Å². The van der Waals surface area contributed by atoms with Crippen LogP contribution in [-0.2, 0) is 11.2 Å². The van der Waals surface area contributed by atoms with Gasteiger partial charge >= 0.3 is 0 Å². The first-order valence-electron chi connectivity index (χ1n) is 7.71. The van der Waals surface area contributed by atoms with E-state index in [1.807, 2.05) is 49.4 Å². The van der Waals surface area contributed by atoms with E-state index in [-0.39, 0.29) is 5.91 Å². The van der Waals surface area contributed by atoms with Gasteiger partial charge in [-0.25, -0.2) is 0 Å². The van der Waals surface area contributed by atoms with Gasteiger partial charge in [-0.15, -0.1) is 0 Å². The maximum absolute atomic E-state index is 12.0. The van der Waals surface area contributed by atoms with Gasteiger partial charge in [-0.2, -0.15) is 0 Å². The van der Waals surface area contributed by atoms with Crippen molar-refractivity contribution < 1.29 is 9.53 Å². The maximum atomic E-state index is 12.0. The fourth-order valence-electron chi connectivity index (χ4n) is 2.23. The molecule has 3 nitrogen and oxygen atoms in total. The number of carbonyl (C=O) groups excluding carboxylic acids is 1. The molecule has 0 aliphatic heterocycles.